The number of rotatable bonds is 0. The number of ether oxygens (including phenoxy) is 1. The van der Waals surface area contributed by atoms with Crippen molar-refractivity contribution in [3.05, 3.63) is 36.2 Å². The molecule has 0 spiro atoms. The van der Waals surface area contributed by atoms with Gasteiger partial charge in [-0.25, -0.2) is 0 Å². The van der Waals surface area contributed by atoms with Crippen molar-refractivity contribution in [2.45, 2.75) is 0 Å². The Morgan fingerprint density at radius 1 is 1.64 bits per heavy atom. The molecule has 0 radical (unpaired) electrons. The van der Waals surface area contributed by atoms with Crippen molar-refractivity contribution in [2.75, 3.05) is 6.61 Å². The SMILES string of the molecule is OC1=CN2NC=CC2=COC1. The number of aliphatic hydroxyl groups is 1. The fourth-order valence-corrected chi connectivity index (χ4v) is 0.964. The van der Waals surface area contributed by atoms with Gasteiger partial charge >= 0.3 is 0 Å². The molecule has 0 amide bonds. The maximum Gasteiger partial charge on any atom is 0.148 e. The molecular weight excluding hydrogens is 144 g/mol. The van der Waals surface area contributed by atoms with E-state index in [1.807, 2.05) is 6.08 Å². The highest BCUT2D eigenvalue weighted by molar-refractivity contribution is 5.23. The molecule has 4 heteroatoms. The monoisotopic (exact) mass is 152 g/mol. The van der Waals surface area contributed by atoms with Gasteiger partial charge in [0.05, 0.1) is 11.9 Å². The van der Waals surface area contributed by atoms with Gasteiger partial charge in [-0.15, -0.1) is 0 Å². The Kier molecular flexibility index (Phi) is 1.25. The molecule has 0 unspecified atom stereocenters. The summed E-state index contributed by atoms with van der Waals surface area (Å²) in [5.41, 5.74) is 3.78. The molecule has 0 saturated carbocycles. The van der Waals surface area contributed by atoms with E-state index in [-0.39, 0.29) is 12.4 Å². The molecule has 0 fully saturated rings. The van der Waals surface area contributed by atoms with Gasteiger partial charge in [0, 0.05) is 6.20 Å². The highest BCUT2D eigenvalue weighted by atomic mass is 16.5. The van der Waals surface area contributed by atoms with E-state index >= 15 is 0 Å². The van der Waals surface area contributed by atoms with Gasteiger partial charge in [-0.3, -0.25) is 5.01 Å². The molecule has 2 N–H and O–H groups in total. The molecule has 2 aliphatic rings. The predicted molar refractivity (Wildman–Crippen MR) is 38.9 cm³/mol. The van der Waals surface area contributed by atoms with Crippen molar-refractivity contribution in [1.29, 1.82) is 0 Å². The quantitative estimate of drug-likeness (QED) is 0.533. The molecule has 0 aromatic carbocycles. The second-order valence-electron chi connectivity index (χ2n) is 2.31. The highest BCUT2D eigenvalue weighted by Crippen LogP contribution is 2.14. The molecule has 2 rings (SSSR count). The molecule has 0 aliphatic carbocycles. The van der Waals surface area contributed by atoms with Gasteiger partial charge in [0.1, 0.15) is 18.6 Å². The molecule has 2 heterocycles. The molecule has 0 aromatic rings. The number of nitrogens with zero attached hydrogens (tertiary/aromatic N) is 1. The molecule has 0 atom stereocenters. The first-order chi connectivity index (χ1) is 5.36. The van der Waals surface area contributed by atoms with Crippen LogP contribution in [0.5, 0.6) is 0 Å². The molecular formula is C7H8N2O2. The summed E-state index contributed by atoms with van der Waals surface area (Å²) in [6.07, 6.45) is 6.80. The summed E-state index contributed by atoms with van der Waals surface area (Å²) in [4.78, 5) is 0. The summed E-state index contributed by atoms with van der Waals surface area (Å²) in [6.45, 7) is 0.232. The van der Waals surface area contributed by atoms with Crippen LogP contribution in [0.4, 0.5) is 0 Å². The second-order valence-corrected chi connectivity index (χ2v) is 2.31. The van der Waals surface area contributed by atoms with E-state index in [0.717, 1.165) is 5.70 Å². The first-order valence-corrected chi connectivity index (χ1v) is 3.29. The summed E-state index contributed by atoms with van der Waals surface area (Å²) in [5, 5.41) is 10.8. The van der Waals surface area contributed by atoms with Crippen LogP contribution in [0.15, 0.2) is 36.2 Å². The smallest absolute Gasteiger partial charge is 0.148 e. The van der Waals surface area contributed by atoms with Gasteiger partial charge in [0.25, 0.3) is 0 Å². The topological polar surface area (TPSA) is 44.7 Å². The average molecular weight is 152 g/mol. The van der Waals surface area contributed by atoms with Crippen molar-refractivity contribution < 1.29 is 9.84 Å². The lowest BCUT2D eigenvalue weighted by Crippen LogP contribution is -2.22. The Morgan fingerprint density at radius 2 is 2.55 bits per heavy atom. The fraction of sp³-hybridized carbons (Fsp3) is 0.143. The molecule has 58 valence electrons. The summed E-state index contributed by atoms with van der Waals surface area (Å²) >= 11 is 0. The number of hydrogen-bond acceptors (Lipinski definition) is 4. The van der Waals surface area contributed by atoms with Crippen LogP contribution in [0.25, 0.3) is 0 Å². The van der Waals surface area contributed by atoms with Crippen molar-refractivity contribution in [3.8, 4) is 0 Å². The lowest BCUT2D eigenvalue weighted by atomic mass is 10.5. The van der Waals surface area contributed by atoms with Gasteiger partial charge in [0.2, 0.25) is 0 Å². The third-order valence-electron chi connectivity index (χ3n) is 1.46. The van der Waals surface area contributed by atoms with Gasteiger partial charge < -0.3 is 15.3 Å². The minimum absolute atomic E-state index is 0.201. The molecule has 11 heavy (non-hydrogen) atoms. The first-order valence-electron chi connectivity index (χ1n) is 3.29. The second kappa shape index (κ2) is 2.23. The third kappa shape index (κ3) is 1.02. The number of hydrogen-bond donors (Lipinski definition) is 2. The minimum Gasteiger partial charge on any atom is -0.507 e. The van der Waals surface area contributed by atoms with Crippen LogP contribution < -0.4 is 5.43 Å². The number of hydrazine groups is 1. The van der Waals surface area contributed by atoms with Crippen LogP contribution in [0, 0.1) is 0 Å². The lowest BCUT2D eigenvalue weighted by Gasteiger charge is -2.12. The molecule has 0 bridgehead atoms. The van der Waals surface area contributed by atoms with Crippen molar-refractivity contribution in [3.63, 3.8) is 0 Å². The first kappa shape index (κ1) is 6.15. The van der Waals surface area contributed by atoms with Crippen LogP contribution >= 0.6 is 0 Å². The van der Waals surface area contributed by atoms with Crippen LogP contribution in [-0.4, -0.2) is 16.7 Å². The van der Waals surface area contributed by atoms with E-state index in [9.17, 15) is 0 Å². The number of nitrogens with one attached hydrogen (secondary N) is 1. The van der Waals surface area contributed by atoms with Crippen LogP contribution in [0.3, 0.4) is 0 Å². The minimum atomic E-state index is 0.201. The lowest BCUT2D eigenvalue weighted by molar-refractivity contribution is 0.224. The highest BCUT2D eigenvalue weighted by Gasteiger charge is 2.12. The zero-order valence-corrected chi connectivity index (χ0v) is 5.82. The van der Waals surface area contributed by atoms with E-state index in [0.29, 0.717) is 0 Å². The molecule has 0 aromatic heterocycles. The van der Waals surface area contributed by atoms with E-state index in [2.05, 4.69) is 5.43 Å². The summed E-state index contributed by atoms with van der Waals surface area (Å²) in [5.74, 6) is 0.201. The largest absolute Gasteiger partial charge is 0.507 e. The van der Waals surface area contributed by atoms with Crippen molar-refractivity contribution in [2.24, 2.45) is 0 Å². The normalized spacial score (nSPS) is 20.9. The number of allylic oxidation sites excluding steroid dienone is 1. The van der Waals surface area contributed by atoms with Crippen LogP contribution in [-0.2, 0) is 4.74 Å². The molecule has 2 aliphatic heterocycles. The molecule has 4 nitrogen and oxygen atoms in total. The Labute approximate surface area is 64.0 Å². The van der Waals surface area contributed by atoms with Gasteiger partial charge in [-0.2, -0.15) is 0 Å². The van der Waals surface area contributed by atoms with Crippen LogP contribution in [0.2, 0.25) is 0 Å². The van der Waals surface area contributed by atoms with E-state index < -0.39 is 0 Å². The Morgan fingerprint density at radius 3 is 3.45 bits per heavy atom. The van der Waals surface area contributed by atoms with Crippen molar-refractivity contribution in [1.82, 2.24) is 10.4 Å². The fourth-order valence-electron chi connectivity index (χ4n) is 0.964. The Bertz CT molecular complexity index is 255. The predicted octanol–water partition coefficient (Wildman–Crippen LogP) is 0.591. The molecule has 0 saturated heterocycles. The number of fused-ring (bicyclic) bond motifs is 1. The summed E-state index contributed by atoms with van der Waals surface area (Å²) < 4.78 is 5.01. The Hall–Kier alpha value is -1.58. The van der Waals surface area contributed by atoms with E-state index in [4.69, 9.17) is 9.84 Å². The standard InChI is InChI=1S/C7H8N2O2/c10-7-3-9-6(1-2-8-9)4-11-5-7/h1-4,8,10H,5H2. The maximum atomic E-state index is 9.13. The van der Waals surface area contributed by atoms with E-state index in [1.54, 1.807) is 23.7 Å². The van der Waals surface area contributed by atoms with Gasteiger partial charge in [0.15, 0.2) is 0 Å². The zero-order valence-electron chi connectivity index (χ0n) is 5.82. The van der Waals surface area contributed by atoms with Crippen molar-refractivity contribution >= 4 is 0 Å². The summed E-state index contributed by atoms with van der Waals surface area (Å²) in [6, 6.07) is 0. The Balaban J connectivity index is 2.27. The zero-order chi connectivity index (χ0) is 7.68. The van der Waals surface area contributed by atoms with Gasteiger partial charge in [-0.05, 0) is 6.08 Å². The van der Waals surface area contributed by atoms with E-state index in [1.165, 1.54) is 0 Å². The maximum absolute atomic E-state index is 9.13. The number of aliphatic hydroxyl groups excluding tert-OH is 1. The average Bonchev–Trinajstić information content (AvgIpc) is 2.31. The van der Waals surface area contributed by atoms with Gasteiger partial charge in [-0.1, -0.05) is 0 Å². The third-order valence-corrected chi connectivity index (χ3v) is 1.46. The summed E-state index contributed by atoms with van der Waals surface area (Å²) in [7, 11) is 0. The van der Waals surface area contributed by atoms with Crippen LogP contribution in [0.1, 0.15) is 0 Å².